The van der Waals surface area contributed by atoms with E-state index in [4.69, 9.17) is 5.73 Å². The summed E-state index contributed by atoms with van der Waals surface area (Å²) in [6.45, 7) is 5.08. The van der Waals surface area contributed by atoms with E-state index in [1.165, 1.54) is 12.6 Å². The van der Waals surface area contributed by atoms with Crippen molar-refractivity contribution in [3.05, 3.63) is 0 Å². The maximum atomic E-state index is 5.55. The number of hydrogen-bond acceptors (Lipinski definition) is 1. The highest BCUT2D eigenvalue weighted by molar-refractivity contribution is 7.36. The lowest BCUT2D eigenvalue weighted by Gasteiger charge is -2.02. The lowest BCUT2D eigenvalue weighted by molar-refractivity contribution is 0.924. The van der Waals surface area contributed by atoms with Crippen molar-refractivity contribution in [1.29, 1.82) is 0 Å². The van der Waals surface area contributed by atoms with Crippen molar-refractivity contribution in [2.24, 2.45) is 10.7 Å². The summed E-state index contributed by atoms with van der Waals surface area (Å²) in [6.07, 6.45) is 3.44. The molecular formula is C7H18N3P. The Morgan fingerprint density at radius 1 is 1.45 bits per heavy atom. The van der Waals surface area contributed by atoms with E-state index in [0.29, 0.717) is 5.96 Å². The maximum absolute atomic E-state index is 5.55. The van der Waals surface area contributed by atoms with Crippen molar-refractivity contribution >= 4 is 14.7 Å². The molecule has 0 fully saturated rings. The first-order valence-electron chi connectivity index (χ1n) is 4.10. The van der Waals surface area contributed by atoms with Gasteiger partial charge in [0.25, 0.3) is 0 Å². The van der Waals surface area contributed by atoms with Crippen molar-refractivity contribution in [3.63, 3.8) is 0 Å². The van der Waals surface area contributed by atoms with E-state index in [0.717, 1.165) is 21.7 Å². The largest absolute Gasteiger partial charge is 0.370 e. The number of nitrogens with one attached hydrogen (secondary N) is 1. The molecule has 0 bridgehead atoms. The fourth-order valence-corrected chi connectivity index (χ4v) is 1.19. The second-order valence-corrected chi connectivity index (χ2v) is 3.42. The highest BCUT2D eigenvalue weighted by Crippen LogP contribution is 2.02. The molecule has 0 aromatic heterocycles. The first-order valence-corrected chi connectivity index (χ1v) is 5.30. The average molecular weight is 175 g/mol. The van der Waals surface area contributed by atoms with E-state index < -0.39 is 0 Å². The minimum atomic E-state index is 0.596. The highest BCUT2D eigenvalue weighted by Gasteiger charge is 1.87. The molecule has 0 rings (SSSR count). The normalized spacial score (nSPS) is 12.7. The fraction of sp³-hybridized carbons (Fsp3) is 0.857. The molecular weight excluding hydrogens is 157 g/mol. The van der Waals surface area contributed by atoms with Crippen LogP contribution in [-0.2, 0) is 0 Å². The molecule has 66 valence electrons. The molecule has 1 atom stereocenters. The van der Waals surface area contributed by atoms with Gasteiger partial charge < -0.3 is 10.8 Å². The molecule has 0 spiro atoms. The zero-order chi connectivity index (χ0) is 8.53. The number of hydrogen-bond donors (Lipinski definition) is 2. The Kier molecular flexibility index (Phi) is 7.59. The van der Waals surface area contributed by atoms with Gasteiger partial charge in [-0.15, -0.1) is 0 Å². The van der Waals surface area contributed by atoms with Crippen LogP contribution in [0.15, 0.2) is 4.99 Å². The first kappa shape index (κ1) is 10.7. The third-order valence-corrected chi connectivity index (χ3v) is 2.28. The van der Waals surface area contributed by atoms with E-state index in [9.17, 15) is 0 Å². The SMILES string of the molecule is CCCN=C(N)NPCCC. The number of aliphatic imine (C=N–C) groups is 1. The minimum Gasteiger partial charge on any atom is -0.370 e. The zero-order valence-corrected chi connectivity index (χ0v) is 8.35. The van der Waals surface area contributed by atoms with E-state index in [-0.39, 0.29) is 0 Å². The summed E-state index contributed by atoms with van der Waals surface area (Å²) in [7, 11) is 0.718. The van der Waals surface area contributed by atoms with Crippen molar-refractivity contribution < 1.29 is 0 Å². The van der Waals surface area contributed by atoms with Crippen LogP contribution in [0.2, 0.25) is 0 Å². The molecule has 4 heteroatoms. The molecule has 0 aromatic carbocycles. The summed E-state index contributed by atoms with van der Waals surface area (Å²) < 4.78 is 0. The van der Waals surface area contributed by atoms with Gasteiger partial charge in [-0.25, -0.2) is 0 Å². The summed E-state index contributed by atoms with van der Waals surface area (Å²) in [5, 5.41) is 3.07. The van der Waals surface area contributed by atoms with Crippen LogP contribution in [0.25, 0.3) is 0 Å². The van der Waals surface area contributed by atoms with Gasteiger partial charge in [-0.3, -0.25) is 4.99 Å². The Hall–Kier alpha value is -0.300. The van der Waals surface area contributed by atoms with Crippen molar-refractivity contribution in [3.8, 4) is 0 Å². The van der Waals surface area contributed by atoms with Crippen molar-refractivity contribution in [2.45, 2.75) is 26.7 Å². The second kappa shape index (κ2) is 7.80. The minimum absolute atomic E-state index is 0.596. The molecule has 0 aliphatic heterocycles. The second-order valence-electron chi connectivity index (χ2n) is 2.32. The standard InChI is InChI=1S/C7H18N3P/c1-3-5-9-7(8)10-11-6-4-2/h11H,3-6H2,1-2H3,(H3,8,9,10). The third-order valence-electron chi connectivity index (χ3n) is 1.10. The van der Waals surface area contributed by atoms with E-state index in [1.807, 2.05) is 0 Å². The van der Waals surface area contributed by atoms with Crippen LogP contribution < -0.4 is 10.8 Å². The van der Waals surface area contributed by atoms with E-state index in [2.05, 4.69) is 23.9 Å². The lowest BCUT2D eigenvalue weighted by Crippen LogP contribution is -2.25. The molecule has 0 saturated carbocycles. The number of nitrogens with two attached hydrogens (primary N) is 1. The van der Waals surface area contributed by atoms with Crippen LogP contribution in [0.4, 0.5) is 0 Å². The summed E-state index contributed by atoms with van der Waals surface area (Å²) >= 11 is 0. The Morgan fingerprint density at radius 3 is 2.73 bits per heavy atom. The van der Waals surface area contributed by atoms with Crippen LogP contribution >= 0.6 is 8.73 Å². The summed E-state index contributed by atoms with van der Waals surface area (Å²) in [5.41, 5.74) is 5.55. The smallest absolute Gasteiger partial charge is 0.191 e. The number of rotatable bonds is 5. The quantitative estimate of drug-likeness (QED) is 0.286. The van der Waals surface area contributed by atoms with Gasteiger partial charge in [0.2, 0.25) is 0 Å². The van der Waals surface area contributed by atoms with Gasteiger partial charge in [0, 0.05) is 6.54 Å². The predicted molar refractivity (Wildman–Crippen MR) is 53.4 cm³/mol. The van der Waals surface area contributed by atoms with Gasteiger partial charge in [0.1, 0.15) is 0 Å². The predicted octanol–water partition coefficient (Wildman–Crippen LogP) is 1.30. The van der Waals surface area contributed by atoms with Gasteiger partial charge in [-0.05, 0) is 21.3 Å². The van der Waals surface area contributed by atoms with Gasteiger partial charge in [-0.2, -0.15) is 0 Å². The average Bonchev–Trinajstić information content (AvgIpc) is 2.01. The molecule has 3 N–H and O–H groups in total. The lowest BCUT2D eigenvalue weighted by atomic mass is 10.5. The van der Waals surface area contributed by atoms with Gasteiger partial charge in [0.15, 0.2) is 5.96 Å². The summed E-state index contributed by atoms with van der Waals surface area (Å²) in [4.78, 5) is 4.10. The molecule has 0 heterocycles. The van der Waals surface area contributed by atoms with Crippen LogP contribution in [0.1, 0.15) is 26.7 Å². The highest BCUT2D eigenvalue weighted by atomic mass is 31.1. The number of nitrogens with zero attached hydrogens (tertiary/aromatic N) is 1. The molecule has 0 amide bonds. The van der Waals surface area contributed by atoms with Crippen LogP contribution in [0.3, 0.4) is 0 Å². The summed E-state index contributed by atoms with van der Waals surface area (Å²) in [5.74, 6) is 0.596. The Labute approximate surface area is 70.7 Å². The van der Waals surface area contributed by atoms with Crippen molar-refractivity contribution in [1.82, 2.24) is 5.09 Å². The van der Waals surface area contributed by atoms with Crippen LogP contribution in [0.5, 0.6) is 0 Å². The fourth-order valence-electron chi connectivity index (χ4n) is 0.550. The Morgan fingerprint density at radius 2 is 2.18 bits per heavy atom. The van der Waals surface area contributed by atoms with E-state index >= 15 is 0 Å². The van der Waals surface area contributed by atoms with Crippen LogP contribution in [0, 0.1) is 0 Å². The van der Waals surface area contributed by atoms with Gasteiger partial charge in [0.05, 0.1) is 0 Å². The molecule has 1 unspecified atom stereocenters. The van der Waals surface area contributed by atoms with Gasteiger partial charge >= 0.3 is 0 Å². The first-order chi connectivity index (χ1) is 5.31. The molecule has 0 aliphatic carbocycles. The topological polar surface area (TPSA) is 50.4 Å². The maximum Gasteiger partial charge on any atom is 0.191 e. The molecule has 3 nitrogen and oxygen atoms in total. The molecule has 11 heavy (non-hydrogen) atoms. The zero-order valence-electron chi connectivity index (χ0n) is 7.35. The third kappa shape index (κ3) is 7.60. The summed E-state index contributed by atoms with van der Waals surface area (Å²) in [6, 6.07) is 0. The molecule has 0 aliphatic rings. The number of guanidine groups is 1. The Balaban J connectivity index is 3.27. The molecule has 0 aromatic rings. The van der Waals surface area contributed by atoms with Gasteiger partial charge in [-0.1, -0.05) is 20.3 Å². The van der Waals surface area contributed by atoms with Crippen LogP contribution in [-0.4, -0.2) is 18.7 Å². The van der Waals surface area contributed by atoms with E-state index in [1.54, 1.807) is 0 Å². The monoisotopic (exact) mass is 175 g/mol. The Bertz CT molecular complexity index is 114. The van der Waals surface area contributed by atoms with Crippen molar-refractivity contribution in [2.75, 3.05) is 12.7 Å². The molecule has 0 saturated heterocycles. The molecule has 0 radical (unpaired) electrons.